The van der Waals surface area contributed by atoms with Crippen LogP contribution >= 0.6 is 0 Å². The fourth-order valence-electron chi connectivity index (χ4n) is 1.67. The van der Waals surface area contributed by atoms with Gasteiger partial charge in [0.25, 0.3) is 0 Å². The van der Waals surface area contributed by atoms with E-state index in [9.17, 15) is 13.2 Å². The molecule has 1 aliphatic heterocycles. The average molecular weight is 258 g/mol. The molecule has 0 N–H and O–H groups in total. The second-order valence-electron chi connectivity index (χ2n) is 3.88. The van der Waals surface area contributed by atoms with Gasteiger partial charge in [-0.1, -0.05) is 30.3 Å². The Morgan fingerprint density at radius 3 is 2.28 bits per heavy atom. The molecule has 3 nitrogen and oxygen atoms in total. The zero-order valence-electron chi connectivity index (χ0n) is 9.65. The van der Waals surface area contributed by atoms with Gasteiger partial charge < -0.3 is 4.74 Å². The van der Waals surface area contributed by atoms with Crippen LogP contribution in [0.3, 0.4) is 0 Å². The lowest BCUT2D eigenvalue weighted by Gasteiger charge is -2.25. The van der Waals surface area contributed by atoms with E-state index in [1.165, 1.54) is 17.1 Å². The summed E-state index contributed by atoms with van der Waals surface area (Å²) in [5.74, 6) is 0. The van der Waals surface area contributed by atoms with E-state index in [-0.39, 0.29) is 5.56 Å². The third-order valence-corrected chi connectivity index (χ3v) is 2.54. The topological polar surface area (TPSA) is 24.8 Å². The molecule has 1 heterocycles. The Hall–Kier alpha value is -1.56. The summed E-state index contributed by atoms with van der Waals surface area (Å²) in [7, 11) is 0. The SMILES string of the molecule is FC(F)(F)/C(=N/N1CCOCC1)c1ccccc1. The van der Waals surface area contributed by atoms with Crippen molar-refractivity contribution in [1.29, 1.82) is 0 Å². The molecule has 0 aliphatic carbocycles. The lowest BCUT2D eigenvalue weighted by molar-refractivity contribution is -0.0605. The second-order valence-corrected chi connectivity index (χ2v) is 3.88. The maximum atomic E-state index is 13.0. The summed E-state index contributed by atoms with van der Waals surface area (Å²) in [6.45, 7) is 1.58. The summed E-state index contributed by atoms with van der Waals surface area (Å²) in [5.41, 5.74) is -0.776. The highest BCUT2D eigenvalue weighted by molar-refractivity contribution is 6.04. The molecule has 1 aliphatic rings. The van der Waals surface area contributed by atoms with Crippen molar-refractivity contribution in [1.82, 2.24) is 5.01 Å². The van der Waals surface area contributed by atoms with Crippen LogP contribution in [0.1, 0.15) is 5.56 Å². The highest BCUT2D eigenvalue weighted by Crippen LogP contribution is 2.23. The molecule has 0 saturated carbocycles. The number of nitrogens with zero attached hydrogens (tertiary/aromatic N) is 2. The van der Waals surface area contributed by atoms with Gasteiger partial charge in [0.1, 0.15) is 0 Å². The number of hydrogen-bond donors (Lipinski definition) is 0. The van der Waals surface area contributed by atoms with Gasteiger partial charge in [-0.05, 0) is 0 Å². The Morgan fingerprint density at radius 2 is 1.72 bits per heavy atom. The van der Waals surface area contributed by atoms with Crippen LogP contribution in [-0.2, 0) is 4.74 Å². The third-order valence-electron chi connectivity index (χ3n) is 2.54. The zero-order chi connectivity index (χ0) is 13.0. The minimum absolute atomic E-state index is 0.0801. The van der Waals surface area contributed by atoms with E-state index in [2.05, 4.69) is 5.10 Å². The maximum Gasteiger partial charge on any atom is 0.435 e. The first-order valence-electron chi connectivity index (χ1n) is 5.61. The molecule has 1 aromatic rings. The largest absolute Gasteiger partial charge is 0.435 e. The summed E-state index contributed by atoms with van der Waals surface area (Å²) in [5, 5.41) is 5.12. The van der Waals surface area contributed by atoms with Gasteiger partial charge >= 0.3 is 6.18 Å². The van der Waals surface area contributed by atoms with Crippen molar-refractivity contribution in [3.05, 3.63) is 35.9 Å². The van der Waals surface area contributed by atoms with E-state index >= 15 is 0 Å². The lowest BCUT2D eigenvalue weighted by atomic mass is 10.1. The molecular weight excluding hydrogens is 245 g/mol. The third kappa shape index (κ3) is 3.22. The quantitative estimate of drug-likeness (QED) is 0.760. The first kappa shape index (κ1) is 12.9. The van der Waals surface area contributed by atoms with Crippen LogP contribution in [0.5, 0.6) is 0 Å². The molecule has 0 atom stereocenters. The van der Waals surface area contributed by atoms with E-state index < -0.39 is 11.9 Å². The van der Waals surface area contributed by atoms with Gasteiger partial charge in [0.2, 0.25) is 0 Å². The molecule has 0 unspecified atom stereocenters. The Morgan fingerprint density at radius 1 is 1.11 bits per heavy atom. The van der Waals surface area contributed by atoms with Crippen LogP contribution < -0.4 is 0 Å². The van der Waals surface area contributed by atoms with Gasteiger partial charge in [-0.2, -0.15) is 18.3 Å². The van der Waals surface area contributed by atoms with E-state index in [0.717, 1.165) is 0 Å². The van der Waals surface area contributed by atoms with Gasteiger partial charge in [-0.3, -0.25) is 5.01 Å². The van der Waals surface area contributed by atoms with E-state index in [0.29, 0.717) is 26.3 Å². The predicted molar refractivity (Wildman–Crippen MR) is 61.4 cm³/mol. The van der Waals surface area contributed by atoms with Gasteiger partial charge in [0, 0.05) is 5.56 Å². The van der Waals surface area contributed by atoms with Crippen molar-refractivity contribution >= 4 is 5.71 Å². The van der Waals surface area contributed by atoms with E-state index in [1.54, 1.807) is 18.2 Å². The number of ether oxygens (including phenoxy) is 1. The van der Waals surface area contributed by atoms with Gasteiger partial charge in [0.05, 0.1) is 26.3 Å². The monoisotopic (exact) mass is 258 g/mol. The van der Waals surface area contributed by atoms with Gasteiger partial charge in [-0.15, -0.1) is 0 Å². The summed E-state index contributed by atoms with van der Waals surface area (Å²) in [6.07, 6.45) is -4.46. The smallest absolute Gasteiger partial charge is 0.378 e. The molecule has 6 heteroatoms. The molecule has 98 valence electrons. The number of alkyl halides is 3. The Bertz CT molecular complexity index is 411. The number of hydrogen-bond acceptors (Lipinski definition) is 3. The van der Waals surface area contributed by atoms with Crippen molar-refractivity contribution in [2.45, 2.75) is 6.18 Å². The summed E-state index contributed by atoms with van der Waals surface area (Å²) >= 11 is 0. The van der Waals surface area contributed by atoms with Crippen molar-refractivity contribution in [2.75, 3.05) is 26.3 Å². The summed E-state index contributed by atoms with van der Waals surface area (Å²) in [6, 6.07) is 7.62. The zero-order valence-corrected chi connectivity index (χ0v) is 9.65. The van der Waals surface area contributed by atoms with Crippen molar-refractivity contribution < 1.29 is 17.9 Å². The van der Waals surface area contributed by atoms with Crippen LogP contribution in [0.2, 0.25) is 0 Å². The fraction of sp³-hybridized carbons (Fsp3) is 0.417. The van der Waals surface area contributed by atoms with Crippen LogP contribution in [0.4, 0.5) is 13.2 Å². The Balaban J connectivity index is 2.28. The normalized spacial score (nSPS) is 17.9. The number of morpholine rings is 1. The number of halogens is 3. The molecule has 1 aromatic carbocycles. The number of benzene rings is 1. The Kier molecular flexibility index (Phi) is 3.86. The molecule has 1 fully saturated rings. The molecular formula is C12H13F3N2O. The van der Waals surface area contributed by atoms with Gasteiger partial charge in [0.15, 0.2) is 5.71 Å². The second kappa shape index (κ2) is 5.39. The number of rotatable bonds is 2. The van der Waals surface area contributed by atoms with Crippen LogP contribution in [0, 0.1) is 0 Å². The van der Waals surface area contributed by atoms with Crippen molar-refractivity contribution in [2.24, 2.45) is 5.10 Å². The molecule has 0 radical (unpaired) electrons. The molecule has 18 heavy (non-hydrogen) atoms. The van der Waals surface area contributed by atoms with Crippen LogP contribution in [0.15, 0.2) is 35.4 Å². The lowest BCUT2D eigenvalue weighted by Crippen LogP contribution is -2.36. The van der Waals surface area contributed by atoms with E-state index in [4.69, 9.17) is 4.74 Å². The average Bonchev–Trinajstić information content (AvgIpc) is 2.37. The van der Waals surface area contributed by atoms with E-state index in [1.807, 2.05) is 0 Å². The van der Waals surface area contributed by atoms with Crippen LogP contribution in [0.25, 0.3) is 0 Å². The summed E-state index contributed by atoms with van der Waals surface area (Å²) < 4.78 is 44.0. The molecule has 2 rings (SSSR count). The van der Waals surface area contributed by atoms with Crippen molar-refractivity contribution in [3.63, 3.8) is 0 Å². The summed E-state index contributed by atoms with van der Waals surface area (Å²) in [4.78, 5) is 0. The fourth-order valence-corrected chi connectivity index (χ4v) is 1.67. The minimum atomic E-state index is -4.46. The first-order chi connectivity index (χ1) is 8.57. The number of hydrazone groups is 1. The molecule has 0 amide bonds. The molecule has 0 bridgehead atoms. The Labute approximate surface area is 103 Å². The highest BCUT2D eigenvalue weighted by atomic mass is 19.4. The standard InChI is InChI=1S/C12H13F3N2O/c13-12(14,15)11(10-4-2-1-3-5-10)16-17-6-8-18-9-7-17/h1-5H,6-9H2/b16-11+. The first-order valence-corrected chi connectivity index (χ1v) is 5.61. The molecule has 0 spiro atoms. The predicted octanol–water partition coefficient (Wildman–Crippen LogP) is 2.29. The minimum Gasteiger partial charge on any atom is -0.378 e. The van der Waals surface area contributed by atoms with Crippen LogP contribution in [-0.4, -0.2) is 43.2 Å². The highest BCUT2D eigenvalue weighted by Gasteiger charge is 2.37. The van der Waals surface area contributed by atoms with Gasteiger partial charge in [-0.25, -0.2) is 0 Å². The van der Waals surface area contributed by atoms with Crippen molar-refractivity contribution in [3.8, 4) is 0 Å². The molecule has 1 saturated heterocycles. The maximum absolute atomic E-state index is 13.0. The molecule has 0 aromatic heterocycles.